The van der Waals surface area contributed by atoms with Crippen molar-refractivity contribution < 1.29 is 4.42 Å². The van der Waals surface area contributed by atoms with Crippen LogP contribution in [0.5, 0.6) is 0 Å². The maximum Gasteiger partial charge on any atom is 0.134 e. The van der Waals surface area contributed by atoms with Gasteiger partial charge < -0.3 is 10.3 Å². The molecule has 60 valence electrons. The Morgan fingerprint density at radius 1 is 1.33 bits per heavy atom. The molecular weight excluding hydrogens is 152 g/mol. The molecule has 1 heterocycles. The van der Waals surface area contributed by atoms with E-state index in [2.05, 4.69) is 5.10 Å². The molecule has 0 aliphatic rings. The molecule has 0 amide bonds. The Hall–Kier alpha value is -1.77. The summed E-state index contributed by atoms with van der Waals surface area (Å²) in [5.41, 5.74) is 1.80. The molecule has 12 heavy (non-hydrogen) atoms. The maximum atomic E-state index is 5.20. The van der Waals surface area contributed by atoms with E-state index < -0.39 is 0 Å². The summed E-state index contributed by atoms with van der Waals surface area (Å²) < 4.78 is 5.20. The first-order valence-corrected chi connectivity index (χ1v) is 3.60. The molecule has 2 rings (SSSR count). The summed E-state index contributed by atoms with van der Waals surface area (Å²) in [7, 11) is 0. The van der Waals surface area contributed by atoms with Crippen LogP contribution in [-0.4, -0.2) is 6.21 Å². The molecule has 0 saturated heterocycles. The molecule has 1 aromatic heterocycles. The van der Waals surface area contributed by atoms with Gasteiger partial charge in [0.15, 0.2) is 0 Å². The lowest BCUT2D eigenvalue weighted by atomic mass is 10.2. The molecular formula is C9H8N2O. The number of hydrogen-bond donors (Lipinski definition) is 1. The topological polar surface area (TPSA) is 51.5 Å². The molecule has 3 nitrogen and oxygen atoms in total. The average molecular weight is 160 g/mol. The van der Waals surface area contributed by atoms with Gasteiger partial charge in [-0.1, -0.05) is 12.1 Å². The molecule has 0 fully saturated rings. The van der Waals surface area contributed by atoms with Crippen molar-refractivity contribution in [1.82, 2.24) is 0 Å². The van der Waals surface area contributed by atoms with E-state index in [1.165, 1.54) is 0 Å². The fraction of sp³-hybridized carbons (Fsp3) is 0. The molecule has 0 aliphatic heterocycles. The van der Waals surface area contributed by atoms with Gasteiger partial charge in [0.1, 0.15) is 5.58 Å². The quantitative estimate of drug-likeness (QED) is 0.392. The summed E-state index contributed by atoms with van der Waals surface area (Å²) in [4.78, 5) is 0. The summed E-state index contributed by atoms with van der Waals surface area (Å²) in [6.07, 6.45) is 3.25. The first kappa shape index (κ1) is 6.91. The van der Waals surface area contributed by atoms with E-state index in [9.17, 15) is 0 Å². The third-order valence-electron chi connectivity index (χ3n) is 1.70. The van der Waals surface area contributed by atoms with Gasteiger partial charge in [0.2, 0.25) is 0 Å². The Bertz CT molecular complexity index is 417. The minimum atomic E-state index is 0.854. The lowest BCUT2D eigenvalue weighted by molar-refractivity contribution is 0.616. The molecule has 0 unspecified atom stereocenters. The molecule has 0 atom stereocenters. The maximum absolute atomic E-state index is 5.20. The highest BCUT2D eigenvalue weighted by Gasteiger charge is 1.95. The summed E-state index contributed by atoms with van der Waals surface area (Å²) in [5.74, 6) is 5.02. The lowest BCUT2D eigenvalue weighted by Gasteiger charge is -1.90. The van der Waals surface area contributed by atoms with E-state index in [4.69, 9.17) is 10.3 Å². The van der Waals surface area contributed by atoms with Crippen molar-refractivity contribution >= 4 is 17.2 Å². The van der Waals surface area contributed by atoms with Crippen LogP contribution in [0, 0.1) is 0 Å². The van der Waals surface area contributed by atoms with Crippen LogP contribution in [0.25, 0.3) is 11.0 Å². The van der Waals surface area contributed by atoms with Crippen LogP contribution in [0.1, 0.15) is 5.56 Å². The highest BCUT2D eigenvalue weighted by Crippen LogP contribution is 2.15. The minimum absolute atomic E-state index is 0.854. The second kappa shape index (κ2) is 2.70. The molecule has 0 aliphatic carbocycles. The number of rotatable bonds is 1. The lowest BCUT2D eigenvalue weighted by Crippen LogP contribution is -1.84. The van der Waals surface area contributed by atoms with E-state index in [1.54, 1.807) is 12.5 Å². The van der Waals surface area contributed by atoms with Crippen molar-refractivity contribution in [3.63, 3.8) is 0 Å². The van der Waals surface area contributed by atoms with Crippen LogP contribution in [0.15, 0.2) is 40.0 Å². The molecule has 1 aromatic carbocycles. The Morgan fingerprint density at radius 2 is 2.25 bits per heavy atom. The van der Waals surface area contributed by atoms with E-state index >= 15 is 0 Å². The van der Waals surface area contributed by atoms with Crippen LogP contribution in [0.2, 0.25) is 0 Å². The second-order valence-corrected chi connectivity index (χ2v) is 2.50. The van der Waals surface area contributed by atoms with Crippen molar-refractivity contribution in [2.75, 3.05) is 0 Å². The Balaban J connectivity index is 2.60. The summed E-state index contributed by atoms with van der Waals surface area (Å²) in [5, 5.41) is 4.52. The average Bonchev–Trinajstić information content (AvgIpc) is 2.51. The minimum Gasteiger partial charge on any atom is -0.464 e. The van der Waals surface area contributed by atoms with E-state index in [-0.39, 0.29) is 0 Å². The third kappa shape index (κ3) is 1.05. The Kier molecular flexibility index (Phi) is 1.55. The fourth-order valence-electron chi connectivity index (χ4n) is 1.14. The molecule has 0 spiro atoms. The number of nitrogens with two attached hydrogens (primary N) is 1. The first-order chi connectivity index (χ1) is 5.90. The van der Waals surface area contributed by atoms with Gasteiger partial charge in [-0.15, -0.1) is 0 Å². The summed E-state index contributed by atoms with van der Waals surface area (Å²) >= 11 is 0. The predicted molar refractivity (Wildman–Crippen MR) is 48.0 cm³/mol. The second-order valence-electron chi connectivity index (χ2n) is 2.50. The zero-order chi connectivity index (χ0) is 8.39. The van der Waals surface area contributed by atoms with Crippen molar-refractivity contribution in [3.8, 4) is 0 Å². The monoisotopic (exact) mass is 160 g/mol. The standard InChI is InChI=1S/C9H8N2O/c10-11-6-7-1-2-8-3-4-12-9(8)5-7/h1-6H,10H2. The Labute approximate surface area is 69.5 Å². The number of benzene rings is 1. The van der Waals surface area contributed by atoms with Crippen LogP contribution in [-0.2, 0) is 0 Å². The van der Waals surface area contributed by atoms with Gasteiger partial charge in [-0.2, -0.15) is 5.10 Å². The largest absolute Gasteiger partial charge is 0.464 e. The van der Waals surface area contributed by atoms with Gasteiger partial charge in [-0.25, -0.2) is 0 Å². The summed E-state index contributed by atoms with van der Waals surface area (Å²) in [6.45, 7) is 0. The molecule has 0 radical (unpaired) electrons. The molecule has 0 saturated carbocycles. The zero-order valence-corrected chi connectivity index (χ0v) is 6.40. The van der Waals surface area contributed by atoms with E-state index in [1.807, 2.05) is 24.3 Å². The first-order valence-electron chi connectivity index (χ1n) is 3.60. The third-order valence-corrected chi connectivity index (χ3v) is 1.70. The number of furan rings is 1. The fourth-order valence-corrected chi connectivity index (χ4v) is 1.14. The summed E-state index contributed by atoms with van der Waals surface area (Å²) in [6, 6.07) is 7.72. The number of hydrogen-bond acceptors (Lipinski definition) is 3. The smallest absolute Gasteiger partial charge is 0.134 e. The van der Waals surface area contributed by atoms with Crippen molar-refractivity contribution in [2.24, 2.45) is 10.9 Å². The van der Waals surface area contributed by atoms with E-state index in [0.717, 1.165) is 16.5 Å². The number of nitrogens with zero attached hydrogens (tertiary/aromatic N) is 1. The van der Waals surface area contributed by atoms with Gasteiger partial charge >= 0.3 is 0 Å². The highest BCUT2D eigenvalue weighted by atomic mass is 16.3. The number of fused-ring (bicyclic) bond motifs is 1. The van der Waals surface area contributed by atoms with Crippen molar-refractivity contribution in [1.29, 1.82) is 0 Å². The SMILES string of the molecule is NN=Cc1ccc2ccoc2c1. The van der Waals surface area contributed by atoms with Gasteiger partial charge in [0.25, 0.3) is 0 Å². The zero-order valence-electron chi connectivity index (χ0n) is 6.40. The number of hydrazone groups is 1. The van der Waals surface area contributed by atoms with Crippen molar-refractivity contribution in [2.45, 2.75) is 0 Å². The molecule has 2 aromatic rings. The van der Waals surface area contributed by atoms with Crippen LogP contribution >= 0.6 is 0 Å². The highest BCUT2D eigenvalue weighted by molar-refractivity contribution is 5.87. The van der Waals surface area contributed by atoms with Gasteiger partial charge in [0.05, 0.1) is 12.5 Å². The van der Waals surface area contributed by atoms with Crippen LogP contribution in [0.4, 0.5) is 0 Å². The molecule has 2 N–H and O–H groups in total. The van der Waals surface area contributed by atoms with Gasteiger partial charge in [0, 0.05) is 5.39 Å². The van der Waals surface area contributed by atoms with Crippen molar-refractivity contribution in [3.05, 3.63) is 36.1 Å². The molecule has 0 bridgehead atoms. The molecule has 3 heteroatoms. The Morgan fingerprint density at radius 3 is 3.08 bits per heavy atom. The van der Waals surface area contributed by atoms with E-state index in [0.29, 0.717) is 0 Å². The normalized spacial score (nSPS) is 11.3. The van der Waals surface area contributed by atoms with Gasteiger partial charge in [-0.05, 0) is 17.7 Å². The predicted octanol–water partition coefficient (Wildman–Crippen LogP) is 1.73. The van der Waals surface area contributed by atoms with Crippen LogP contribution in [0.3, 0.4) is 0 Å². The van der Waals surface area contributed by atoms with Crippen LogP contribution < -0.4 is 5.84 Å². The van der Waals surface area contributed by atoms with Gasteiger partial charge in [-0.3, -0.25) is 0 Å².